The highest BCUT2D eigenvalue weighted by Gasteiger charge is 2.25. The van der Waals surface area contributed by atoms with Gasteiger partial charge in [-0.05, 0) is 37.3 Å². The average Bonchev–Trinajstić information content (AvgIpc) is 2.74. The number of nitrogens with zero attached hydrogens (tertiary/aromatic N) is 4. The third kappa shape index (κ3) is 2.10. The summed E-state index contributed by atoms with van der Waals surface area (Å²) in [5, 5.41) is 9.04. The number of nitrogens with one attached hydrogen (secondary N) is 1. The Labute approximate surface area is 114 Å². The van der Waals surface area contributed by atoms with Gasteiger partial charge in [-0.1, -0.05) is 0 Å². The highest BCUT2D eigenvalue weighted by molar-refractivity contribution is 6.28. The molecule has 1 aliphatic rings. The van der Waals surface area contributed by atoms with E-state index >= 15 is 0 Å². The standard InChI is InChI=1S/C12H12ClN5O/c13-11-15-6-9-10(17-11)18(12(19)16-9)8-3-1-7(5-14)2-4-8/h6-8H,1-4H2,(H,16,19). The summed E-state index contributed by atoms with van der Waals surface area (Å²) >= 11 is 5.79. The third-order valence-corrected chi connectivity index (χ3v) is 3.85. The van der Waals surface area contributed by atoms with Crippen LogP contribution in [0.5, 0.6) is 0 Å². The summed E-state index contributed by atoms with van der Waals surface area (Å²) in [6.45, 7) is 0. The third-order valence-electron chi connectivity index (χ3n) is 3.67. The number of halogens is 1. The molecule has 1 aliphatic carbocycles. The van der Waals surface area contributed by atoms with E-state index in [0.29, 0.717) is 11.2 Å². The van der Waals surface area contributed by atoms with Crippen molar-refractivity contribution in [3.05, 3.63) is 22.0 Å². The monoisotopic (exact) mass is 277 g/mol. The van der Waals surface area contributed by atoms with Gasteiger partial charge in [0.25, 0.3) is 0 Å². The highest BCUT2D eigenvalue weighted by Crippen LogP contribution is 2.32. The zero-order chi connectivity index (χ0) is 13.4. The number of rotatable bonds is 1. The van der Waals surface area contributed by atoms with Gasteiger partial charge in [-0.25, -0.2) is 9.78 Å². The molecule has 3 rings (SSSR count). The predicted octanol–water partition coefficient (Wildman–Crippen LogP) is 2.03. The van der Waals surface area contributed by atoms with Gasteiger partial charge in [0.05, 0.1) is 12.3 Å². The molecule has 1 fully saturated rings. The van der Waals surface area contributed by atoms with E-state index in [4.69, 9.17) is 16.9 Å². The number of aromatic amines is 1. The van der Waals surface area contributed by atoms with Crippen LogP contribution in [-0.4, -0.2) is 19.5 Å². The summed E-state index contributed by atoms with van der Waals surface area (Å²) in [6, 6.07) is 2.37. The molecular weight excluding hydrogens is 266 g/mol. The zero-order valence-corrected chi connectivity index (χ0v) is 10.9. The number of H-pyrrole nitrogens is 1. The minimum Gasteiger partial charge on any atom is -0.303 e. The Morgan fingerprint density at radius 1 is 1.42 bits per heavy atom. The lowest BCUT2D eigenvalue weighted by Gasteiger charge is -2.25. The molecule has 6 nitrogen and oxygen atoms in total. The molecule has 19 heavy (non-hydrogen) atoms. The molecule has 0 aliphatic heterocycles. The summed E-state index contributed by atoms with van der Waals surface area (Å²) in [7, 11) is 0. The second kappa shape index (κ2) is 4.67. The largest absolute Gasteiger partial charge is 0.327 e. The maximum absolute atomic E-state index is 12.0. The molecule has 0 bridgehead atoms. The molecule has 0 amide bonds. The second-order valence-electron chi connectivity index (χ2n) is 4.81. The second-order valence-corrected chi connectivity index (χ2v) is 5.15. The quantitative estimate of drug-likeness (QED) is 0.808. The Hall–Kier alpha value is -1.87. The van der Waals surface area contributed by atoms with Crippen molar-refractivity contribution in [2.45, 2.75) is 31.7 Å². The van der Waals surface area contributed by atoms with Crippen LogP contribution in [0.3, 0.4) is 0 Å². The minimum atomic E-state index is -0.188. The van der Waals surface area contributed by atoms with Gasteiger partial charge in [-0.3, -0.25) is 4.57 Å². The molecule has 0 saturated heterocycles. The zero-order valence-electron chi connectivity index (χ0n) is 10.1. The molecule has 0 radical (unpaired) electrons. The fourth-order valence-corrected chi connectivity index (χ4v) is 2.83. The normalized spacial score (nSPS) is 23.4. The Morgan fingerprint density at radius 3 is 2.84 bits per heavy atom. The first-order valence-corrected chi connectivity index (χ1v) is 6.59. The van der Waals surface area contributed by atoms with Crippen molar-refractivity contribution >= 4 is 22.8 Å². The van der Waals surface area contributed by atoms with E-state index in [9.17, 15) is 4.79 Å². The Kier molecular flexibility index (Phi) is 2.99. The molecule has 2 aromatic heterocycles. The van der Waals surface area contributed by atoms with E-state index in [-0.39, 0.29) is 22.9 Å². The van der Waals surface area contributed by atoms with Crippen molar-refractivity contribution in [1.29, 1.82) is 5.26 Å². The SMILES string of the molecule is N#CC1CCC(n2c(=O)[nH]c3cnc(Cl)nc32)CC1. The van der Waals surface area contributed by atoms with Crippen molar-refractivity contribution in [2.75, 3.05) is 0 Å². The van der Waals surface area contributed by atoms with Crippen LogP contribution in [0, 0.1) is 17.2 Å². The first-order chi connectivity index (χ1) is 9.19. The van der Waals surface area contributed by atoms with Gasteiger partial charge in [0.15, 0.2) is 5.65 Å². The number of nitriles is 1. The molecule has 0 aromatic carbocycles. The number of hydrogen-bond donors (Lipinski definition) is 1. The molecule has 7 heteroatoms. The van der Waals surface area contributed by atoms with Gasteiger partial charge in [-0.2, -0.15) is 10.2 Å². The maximum atomic E-state index is 12.0. The molecule has 0 unspecified atom stereocenters. The van der Waals surface area contributed by atoms with Gasteiger partial charge >= 0.3 is 5.69 Å². The van der Waals surface area contributed by atoms with Crippen LogP contribution in [0.1, 0.15) is 31.7 Å². The van der Waals surface area contributed by atoms with Gasteiger partial charge < -0.3 is 4.98 Å². The van der Waals surface area contributed by atoms with Gasteiger partial charge in [0.2, 0.25) is 5.28 Å². The Balaban J connectivity index is 2.01. The van der Waals surface area contributed by atoms with Gasteiger partial charge in [0.1, 0.15) is 5.52 Å². The highest BCUT2D eigenvalue weighted by atomic mass is 35.5. The van der Waals surface area contributed by atoms with E-state index in [2.05, 4.69) is 21.0 Å². The smallest absolute Gasteiger partial charge is 0.303 e. The molecule has 2 aromatic rings. The summed E-state index contributed by atoms with van der Waals surface area (Å²) in [4.78, 5) is 22.8. The first kappa shape index (κ1) is 12.2. The number of hydrogen-bond acceptors (Lipinski definition) is 4. The van der Waals surface area contributed by atoms with Crippen LogP contribution in [0.2, 0.25) is 5.28 Å². The van der Waals surface area contributed by atoms with Crippen molar-refractivity contribution < 1.29 is 0 Å². The topological polar surface area (TPSA) is 87.4 Å². The Morgan fingerprint density at radius 2 is 2.16 bits per heavy atom. The molecule has 0 atom stereocenters. The first-order valence-electron chi connectivity index (χ1n) is 6.21. The van der Waals surface area contributed by atoms with Crippen LogP contribution in [0.25, 0.3) is 11.2 Å². The summed E-state index contributed by atoms with van der Waals surface area (Å²) in [5.74, 6) is 0.107. The molecule has 0 spiro atoms. The van der Waals surface area contributed by atoms with E-state index < -0.39 is 0 Å². The van der Waals surface area contributed by atoms with Crippen LogP contribution >= 0.6 is 11.6 Å². The van der Waals surface area contributed by atoms with E-state index in [0.717, 1.165) is 25.7 Å². The van der Waals surface area contributed by atoms with E-state index in [1.807, 2.05) is 0 Å². The van der Waals surface area contributed by atoms with E-state index in [1.54, 1.807) is 4.57 Å². The molecule has 1 N–H and O–H groups in total. The summed E-state index contributed by atoms with van der Waals surface area (Å²) in [6.07, 6.45) is 4.78. The fraction of sp³-hybridized carbons (Fsp3) is 0.500. The van der Waals surface area contributed by atoms with Crippen molar-refractivity contribution in [2.24, 2.45) is 5.92 Å². The average molecular weight is 278 g/mol. The fourth-order valence-electron chi connectivity index (χ4n) is 2.70. The van der Waals surface area contributed by atoms with Gasteiger partial charge in [0, 0.05) is 12.0 Å². The minimum absolute atomic E-state index is 0.0804. The lowest BCUT2D eigenvalue weighted by atomic mass is 9.87. The maximum Gasteiger partial charge on any atom is 0.327 e. The molecule has 1 saturated carbocycles. The summed E-state index contributed by atoms with van der Waals surface area (Å²) in [5.41, 5.74) is 0.953. The molecular formula is C12H12ClN5O. The lowest BCUT2D eigenvalue weighted by molar-refractivity contribution is 0.312. The van der Waals surface area contributed by atoms with Crippen LogP contribution < -0.4 is 5.69 Å². The van der Waals surface area contributed by atoms with Crippen molar-refractivity contribution in [3.63, 3.8) is 0 Å². The molecule has 98 valence electrons. The predicted molar refractivity (Wildman–Crippen MR) is 69.8 cm³/mol. The number of aromatic nitrogens is 4. The van der Waals surface area contributed by atoms with Gasteiger partial charge in [-0.15, -0.1) is 0 Å². The van der Waals surface area contributed by atoms with Crippen molar-refractivity contribution in [3.8, 4) is 6.07 Å². The summed E-state index contributed by atoms with van der Waals surface area (Å²) < 4.78 is 1.65. The van der Waals surface area contributed by atoms with Crippen molar-refractivity contribution in [1.82, 2.24) is 19.5 Å². The number of imidazole rings is 1. The molecule has 2 heterocycles. The van der Waals surface area contributed by atoms with Crippen LogP contribution in [0.15, 0.2) is 11.0 Å². The number of fused-ring (bicyclic) bond motifs is 1. The van der Waals surface area contributed by atoms with Crippen LogP contribution in [0.4, 0.5) is 0 Å². The Bertz CT molecular complexity index is 705. The van der Waals surface area contributed by atoms with Crippen LogP contribution in [-0.2, 0) is 0 Å². The van der Waals surface area contributed by atoms with E-state index in [1.165, 1.54) is 6.20 Å². The lowest BCUT2D eigenvalue weighted by Crippen LogP contribution is -2.26.